The second-order valence-corrected chi connectivity index (χ2v) is 6.13. The maximum absolute atomic E-state index is 13.9. The van der Waals surface area contributed by atoms with Gasteiger partial charge in [0, 0.05) is 30.9 Å². The molecular formula is C17H18FN5O. The minimum Gasteiger partial charge on any atom is -0.348 e. The number of rotatable bonds is 2. The molecule has 0 aliphatic carbocycles. The van der Waals surface area contributed by atoms with Crippen molar-refractivity contribution in [2.24, 2.45) is 0 Å². The van der Waals surface area contributed by atoms with Gasteiger partial charge in [-0.3, -0.25) is 4.79 Å². The van der Waals surface area contributed by atoms with Gasteiger partial charge < -0.3 is 20.2 Å². The first kappa shape index (κ1) is 14.9. The summed E-state index contributed by atoms with van der Waals surface area (Å²) in [5.41, 5.74) is 1.67. The van der Waals surface area contributed by atoms with E-state index in [0.29, 0.717) is 30.8 Å². The SMILES string of the molecule is Cc1ccc(F)c2[nH]c(C(=O)NC3CNCc4nccn4C3)cc12. The molecule has 4 rings (SSSR count). The van der Waals surface area contributed by atoms with Gasteiger partial charge in [0.1, 0.15) is 17.3 Å². The van der Waals surface area contributed by atoms with E-state index in [1.54, 1.807) is 18.3 Å². The third-order valence-electron chi connectivity index (χ3n) is 4.43. The van der Waals surface area contributed by atoms with Gasteiger partial charge in [0.25, 0.3) is 5.91 Å². The zero-order valence-corrected chi connectivity index (χ0v) is 13.3. The molecule has 2 aromatic heterocycles. The van der Waals surface area contributed by atoms with E-state index in [-0.39, 0.29) is 17.8 Å². The number of aromatic nitrogens is 3. The number of carbonyl (C=O) groups excluding carboxylic acids is 1. The van der Waals surface area contributed by atoms with Gasteiger partial charge in [-0.05, 0) is 24.6 Å². The standard InChI is InChI=1S/C17H18FN5O/c1-10-2-3-13(18)16-12(10)6-14(22-16)17(24)21-11-7-19-8-15-20-4-5-23(15)9-11/h2-6,11,19,22H,7-9H2,1H3,(H,21,24). The van der Waals surface area contributed by atoms with Crippen LogP contribution in [-0.2, 0) is 13.1 Å². The van der Waals surface area contributed by atoms with Crippen molar-refractivity contribution in [2.75, 3.05) is 6.54 Å². The van der Waals surface area contributed by atoms with Crippen molar-refractivity contribution in [1.29, 1.82) is 0 Å². The maximum atomic E-state index is 13.9. The quantitative estimate of drug-likeness (QED) is 0.671. The van der Waals surface area contributed by atoms with Crippen molar-refractivity contribution >= 4 is 16.8 Å². The molecule has 24 heavy (non-hydrogen) atoms. The molecule has 0 spiro atoms. The summed E-state index contributed by atoms with van der Waals surface area (Å²) in [6.07, 6.45) is 3.66. The number of benzene rings is 1. The second-order valence-electron chi connectivity index (χ2n) is 6.13. The topological polar surface area (TPSA) is 74.7 Å². The third kappa shape index (κ3) is 2.56. The second kappa shape index (κ2) is 5.76. The summed E-state index contributed by atoms with van der Waals surface area (Å²) in [5.74, 6) is 0.365. The van der Waals surface area contributed by atoms with Crippen molar-refractivity contribution in [1.82, 2.24) is 25.2 Å². The molecule has 0 saturated heterocycles. The molecule has 0 bridgehead atoms. The van der Waals surface area contributed by atoms with E-state index in [1.165, 1.54) is 6.07 Å². The highest BCUT2D eigenvalue weighted by Gasteiger charge is 2.20. The molecule has 124 valence electrons. The lowest BCUT2D eigenvalue weighted by Gasteiger charge is -2.16. The summed E-state index contributed by atoms with van der Waals surface area (Å²) in [6.45, 7) is 3.88. The van der Waals surface area contributed by atoms with E-state index in [9.17, 15) is 9.18 Å². The molecule has 6 nitrogen and oxygen atoms in total. The van der Waals surface area contributed by atoms with Crippen LogP contribution in [0, 0.1) is 12.7 Å². The Morgan fingerprint density at radius 3 is 3.17 bits per heavy atom. The zero-order chi connectivity index (χ0) is 16.7. The van der Waals surface area contributed by atoms with Gasteiger partial charge in [0.05, 0.1) is 18.1 Å². The summed E-state index contributed by atoms with van der Waals surface area (Å²) < 4.78 is 15.9. The molecule has 1 amide bonds. The predicted octanol–water partition coefficient (Wildman–Crippen LogP) is 1.71. The molecule has 0 radical (unpaired) electrons. The molecule has 0 saturated carbocycles. The lowest BCUT2D eigenvalue weighted by molar-refractivity contribution is 0.0929. The van der Waals surface area contributed by atoms with Crippen molar-refractivity contribution in [3.8, 4) is 0 Å². The predicted molar refractivity (Wildman–Crippen MR) is 88.2 cm³/mol. The third-order valence-corrected chi connectivity index (χ3v) is 4.43. The summed E-state index contributed by atoms with van der Waals surface area (Å²) in [6, 6.07) is 4.76. The minimum atomic E-state index is -0.353. The Morgan fingerprint density at radius 1 is 1.46 bits per heavy atom. The molecule has 1 atom stereocenters. The van der Waals surface area contributed by atoms with E-state index >= 15 is 0 Å². The van der Waals surface area contributed by atoms with Crippen LogP contribution < -0.4 is 10.6 Å². The highest BCUT2D eigenvalue weighted by Crippen LogP contribution is 2.22. The van der Waals surface area contributed by atoms with Gasteiger partial charge >= 0.3 is 0 Å². The number of aryl methyl sites for hydroxylation is 1. The highest BCUT2D eigenvalue weighted by molar-refractivity contribution is 5.99. The van der Waals surface area contributed by atoms with E-state index in [4.69, 9.17) is 0 Å². The van der Waals surface area contributed by atoms with Gasteiger partial charge in [0.15, 0.2) is 0 Å². The Hall–Kier alpha value is -2.67. The van der Waals surface area contributed by atoms with Crippen molar-refractivity contribution in [3.63, 3.8) is 0 Å². The number of carbonyl (C=O) groups is 1. The van der Waals surface area contributed by atoms with Crippen LogP contribution in [0.1, 0.15) is 21.9 Å². The fraction of sp³-hybridized carbons (Fsp3) is 0.294. The van der Waals surface area contributed by atoms with Gasteiger partial charge in [0.2, 0.25) is 0 Å². The maximum Gasteiger partial charge on any atom is 0.268 e. The Labute approximate surface area is 138 Å². The first-order valence-corrected chi connectivity index (χ1v) is 7.91. The number of fused-ring (bicyclic) bond motifs is 2. The number of hydrogen-bond donors (Lipinski definition) is 3. The van der Waals surface area contributed by atoms with E-state index in [1.807, 2.05) is 17.7 Å². The average Bonchev–Trinajstić information content (AvgIpc) is 3.15. The molecular weight excluding hydrogens is 309 g/mol. The Bertz CT molecular complexity index is 874. The number of aromatic amines is 1. The number of halogens is 1. The van der Waals surface area contributed by atoms with Crippen LogP contribution in [0.4, 0.5) is 4.39 Å². The van der Waals surface area contributed by atoms with Gasteiger partial charge in [-0.1, -0.05) is 6.07 Å². The van der Waals surface area contributed by atoms with E-state index < -0.39 is 0 Å². The monoisotopic (exact) mass is 327 g/mol. The number of imidazole rings is 1. The number of hydrogen-bond acceptors (Lipinski definition) is 3. The average molecular weight is 327 g/mol. The largest absolute Gasteiger partial charge is 0.348 e. The smallest absolute Gasteiger partial charge is 0.268 e. The van der Waals surface area contributed by atoms with Gasteiger partial charge in [-0.25, -0.2) is 9.37 Å². The molecule has 3 N–H and O–H groups in total. The molecule has 0 fully saturated rings. The van der Waals surface area contributed by atoms with Crippen LogP contribution in [0.25, 0.3) is 10.9 Å². The Balaban J connectivity index is 1.56. The van der Waals surface area contributed by atoms with Gasteiger partial charge in [-0.15, -0.1) is 0 Å². The fourth-order valence-corrected chi connectivity index (χ4v) is 3.14. The van der Waals surface area contributed by atoms with E-state index in [0.717, 1.165) is 16.8 Å². The highest BCUT2D eigenvalue weighted by atomic mass is 19.1. The number of amides is 1. The van der Waals surface area contributed by atoms with Gasteiger partial charge in [-0.2, -0.15) is 0 Å². The van der Waals surface area contributed by atoms with Crippen LogP contribution in [0.15, 0.2) is 30.6 Å². The Morgan fingerprint density at radius 2 is 2.33 bits per heavy atom. The molecule has 1 aliphatic rings. The number of H-pyrrole nitrogens is 1. The van der Waals surface area contributed by atoms with Crippen LogP contribution in [-0.4, -0.2) is 33.0 Å². The summed E-state index contributed by atoms with van der Waals surface area (Å²) in [5, 5.41) is 7.01. The molecule has 1 aliphatic heterocycles. The van der Waals surface area contributed by atoms with Crippen molar-refractivity contribution in [2.45, 2.75) is 26.1 Å². The van der Waals surface area contributed by atoms with Crippen LogP contribution in [0.5, 0.6) is 0 Å². The molecule has 3 aromatic rings. The molecule has 1 aromatic carbocycles. The molecule has 3 heterocycles. The van der Waals surface area contributed by atoms with Crippen molar-refractivity contribution in [3.05, 3.63) is 53.5 Å². The van der Waals surface area contributed by atoms with Crippen LogP contribution in [0.3, 0.4) is 0 Å². The summed E-state index contributed by atoms with van der Waals surface area (Å²) in [7, 11) is 0. The lowest BCUT2D eigenvalue weighted by Crippen LogP contribution is -2.42. The minimum absolute atomic E-state index is 0.0645. The van der Waals surface area contributed by atoms with Crippen LogP contribution in [0.2, 0.25) is 0 Å². The number of nitrogens with one attached hydrogen (secondary N) is 3. The van der Waals surface area contributed by atoms with Crippen LogP contribution >= 0.6 is 0 Å². The lowest BCUT2D eigenvalue weighted by atomic mass is 10.1. The molecule has 1 unspecified atom stereocenters. The first-order valence-electron chi connectivity index (χ1n) is 7.91. The molecule has 7 heteroatoms. The first-order chi connectivity index (χ1) is 11.6. The Kier molecular flexibility index (Phi) is 3.57. The summed E-state index contributed by atoms with van der Waals surface area (Å²) >= 11 is 0. The normalized spacial score (nSPS) is 17.5. The fourth-order valence-electron chi connectivity index (χ4n) is 3.14. The number of nitrogens with zero attached hydrogens (tertiary/aromatic N) is 2. The zero-order valence-electron chi connectivity index (χ0n) is 13.3. The van der Waals surface area contributed by atoms with E-state index in [2.05, 4.69) is 20.6 Å². The van der Waals surface area contributed by atoms with Crippen molar-refractivity contribution < 1.29 is 9.18 Å². The summed E-state index contributed by atoms with van der Waals surface area (Å²) in [4.78, 5) is 19.7.